The summed E-state index contributed by atoms with van der Waals surface area (Å²) in [5, 5.41) is 3.50. The Morgan fingerprint density at radius 2 is 2.10 bits per heavy atom. The van der Waals surface area contributed by atoms with Gasteiger partial charge in [-0.1, -0.05) is 27.7 Å². The van der Waals surface area contributed by atoms with Crippen LogP contribution in [0.1, 0.15) is 10.4 Å². The zero-order valence-corrected chi connectivity index (χ0v) is 13.9. The molecule has 6 heteroatoms. The van der Waals surface area contributed by atoms with Crippen LogP contribution in [0.25, 0.3) is 0 Å². The van der Waals surface area contributed by atoms with E-state index in [1.54, 1.807) is 25.4 Å². The smallest absolute Gasteiger partial charge is 0.254 e. The first kappa shape index (κ1) is 16.0. The minimum absolute atomic E-state index is 0.139. The first-order valence-electron chi connectivity index (χ1n) is 6.36. The lowest BCUT2D eigenvalue weighted by molar-refractivity contribution is 0.0933. The molecule has 0 aliphatic heterocycles. The van der Waals surface area contributed by atoms with Gasteiger partial charge in [0, 0.05) is 29.2 Å². The van der Waals surface area contributed by atoms with E-state index in [0.717, 1.165) is 9.37 Å². The van der Waals surface area contributed by atoms with Gasteiger partial charge in [-0.15, -0.1) is 0 Å². The van der Waals surface area contributed by atoms with Crippen LogP contribution in [0.5, 0.6) is 0 Å². The second kappa shape index (κ2) is 8.17. The van der Waals surface area contributed by atoms with Crippen molar-refractivity contribution in [1.82, 2.24) is 10.3 Å². The van der Waals surface area contributed by atoms with Gasteiger partial charge >= 0.3 is 0 Å². The zero-order valence-electron chi connectivity index (χ0n) is 11.5. The molecule has 2 aromatic rings. The summed E-state index contributed by atoms with van der Waals surface area (Å²) in [6, 6.07) is 11.4. The monoisotopic (exact) mass is 366 g/mol. The van der Waals surface area contributed by atoms with E-state index >= 15 is 0 Å². The van der Waals surface area contributed by atoms with Gasteiger partial charge in [-0.3, -0.25) is 4.79 Å². The molecule has 0 aliphatic rings. The number of aromatic nitrogens is 1. The van der Waals surface area contributed by atoms with E-state index in [0.29, 0.717) is 23.7 Å². The second-order valence-electron chi connectivity index (χ2n) is 4.16. The quantitative estimate of drug-likeness (QED) is 0.796. The van der Waals surface area contributed by atoms with Crippen LogP contribution in [0.4, 0.5) is 0 Å². The maximum atomic E-state index is 12.2. The van der Waals surface area contributed by atoms with Crippen molar-refractivity contribution in [2.24, 2.45) is 0 Å². The number of carbonyl (C=O) groups excluding carboxylic acids is 1. The molecule has 1 heterocycles. The van der Waals surface area contributed by atoms with E-state index in [9.17, 15) is 4.79 Å². The maximum absolute atomic E-state index is 12.2. The number of ether oxygens (including phenoxy) is 1. The summed E-state index contributed by atoms with van der Waals surface area (Å²) in [4.78, 5) is 17.5. The van der Waals surface area contributed by atoms with E-state index in [1.807, 2.05) is 24.3 Å². The molecule has 0 radical (unpaired) electrons. The molecular formula is C15H15BrN2O2S. The standard InChI is InChI=1S/C15H15BrN2O2S/c1-20-10-9-17-14(19)13-3-2-8-18-15(13)21-12-6-4-11(16)5-7-12/h2-8H,9-10H2,1H3,(H,17,19). The Kier molecular flexibility index (Phi) is 6.22. The van der Waals surface area contributed by atoms with Crippen LogP contribution in [-0.2, 0) is 4.74 Å². The fourth-order valence-corrected chi connectivity index (χ4v) is 2.77. The summed E-state index contributed by atoms with van der Waals surface area (Å²) in [6.45, 7) is 0.966. The number of amides is 1. The van der Waals surface area contributed by atoms with Crippen molar-refractivity contribution in [1.29, 1.82) is 0 Å². The predicted octanol–water partition coefficient (Wildman–Crippen LogP) is 3.37. The molecule has 1 amide bonds. The Balaban J connectivity index is 2.12. The number of methoxy groups -OCH3 is 1. The normalized spacial score (nSPS) is 10.4. The Morgan fingerprint density at radius 1 is 1.33 bits per heavy atom. The summed E-state index contributed by atoms with van der Waals surface area (Å²) in [7, 11) is 1.60. The van der Waals surface area contributed by atoms with Gasteiger partial charge in [0.2, 0.25) is 0 Å². The SMILES string of the molecule is COCCNC(=O)c1cccnc1Sc1ccc(Br)cc1. The largest absolute Gasteiger partial charge is 0.383 e. The Morgan fingerprint density at radius 3 is 2.81 bits per heavy atom. The van der Waals surface area contributed by atoms with Crippen molar-refractivity contribution in [3.63, 3.8) is 0 Å². The fourth-order valence-electron chi connectivity index (χ4n) is 1.62. The highest BCUT2D eigenvalue weighted by molar-refractivity contribution is 9.10. The van der Waals surface area contributed by atoms with E-state index in [4.69, 9.17) is 4.74 Å². The highest BCUT2D eigenvalue weighted by atomic mass is 79.9. The third-order valence-electron chi connectivity index (χ3n) is 2.64. The summed E-state index contributed by atoms with van der Waals surface area (Å²) < 4.78 is 5.94. The van der Waals surface area contributed by atoms with Crippen LogP contribution in [0.15, 0.2) is 57.0 Å². The van der Waals surface area contributed by atoms with Crippen molar-refractivity contribution < 1.29 is 9.53 Å². The molecule has 0 spiro atoms. The van der Waals surface area contributed by atoms with Gasteiger partial charge in [-0.2, -0.15) is 0 Å². The number of carbonyl (C=O) groups is 1. The number of rotatable bonds is 6. The van der Waals surface area contributed by atoms with Crippen LogP contribution < -0.4 is 5.32 Å². The molecule has 110 valence electrons. The van der Waals surface area contributed by atoms with Gasteiger partial charge < -0.3 is 10.1 Å². The van der Waals surface area contributed by atoms with E-state index in [1.165, 1.54) is 11.8 Å². The molecule has 21 heavy (non-hydrogen) atoms. The predicted molar refractivity (Wildman–Crippen MR) is 86.7 cm³/mol. The highest BCUT2D eigenvalue weighted by Crippen LogP contribution is 2.29. The average Bonchev–Trinajstić information content (AvgIpc) is 2.50. The molecule has 0 atom stereocenters. The summed E-state index contributed by atoms with van der Waals surface area (Å²) in [6.07, 6.45) is 1.69. The van der Waals surface area contributed by atoms with Crippen LogP contribution in [-0.4, -0.2) is 31.2 Å². The number of hydrogen-bond acceptors (Lipinski definition) is 4. The average molecular weight is 367 g/mol. The van der Waals surface area contributed by atoms with Crippen molar-refractivity contribution in [3.05, 3.63) is 52.6 Å². The summed E-state index contributed by atoms with van der Waals surface area (Å²) in [5.74, 6) is -0.139. The number of pyridine rings is 1. The van der Waals surface area contributed by atoms with Gasteiger partial charge in [0.25, 0.3) is 5.91 Å². The fraction of sp³-hybridized carbons (Fsp3) is 0.200. The summed E-state index contributed by atoms with van der Waals surface area (Å²) >= 11 is 4.87. The third-order valence-corrected chi connectivity index (χ3v) is 4.19. The van der Waals surface area contributed by atoms with Crippen molar-refractivity contribution >= 4 is 33.6 Å². The molecule has 0 unspecified atom stereocenters. The first-order chi connectivity index (χ1) is 10.2. The molecule has 0 bridgehead atoms. The minimum atomic E-state index is -0.139. The van der Waals surface area contributed by atoms with Gasteiger partial charge in [-0.05, 0) is 36.4 Å². The second-order valence-corrected chi connectivity index (χ2v) is 6.14. The molecule has 0 saturated heterocycles. The Labute approximate surface area is 136 Å². The molecule has 0 aliphatic carbocycles. The van der Waals surface area contributed by atoms with Crippen LogP contribution in [0, 0.1) is 0 Å². The van der Waals surface area contributed by atoms with E-state index < -0.39 is 0 Å². The lowest BCUT2D eigenvalue weighted by atomic mass is 10.2. The molecule has 0 saturated carbocycles. The van der Waals surface area contributed by atoms with Gasteiger partial charge in [0.05, 0.1) is 12.2 Å². The van der Waals surface area contributed by atoms with E-state index in [2.05, 4.69) is 26.2 Å². The molecule has 0 fully saturated rings. The first-order valence-corrected chi connectivity index (χ1v) is 7.97. The van der Waals surface area contributed by atoms with Crippen molar-refractivity contribution in [2.75, 3.05) is 20.3 Å². The topological polar surface area (TPSA) is 51.2 Å². The number of halogens is 1. The van der Waals surface area contributed by atoms with Gasteiger partial charge in [-0.25, -0.2) is 4.98 Å². The van der Waals surface area contributed by atoms with Crippen molar-refractivity contribution in [2.45, 2.75) is 9.92 Å². The van der Waals surface area contributed by atoms with Crippen molar-refractivity contribution in [3.8, 4) is 0 Å². The van der Waals surface area contributed by atoms with Crippen LogP contribution in [0.3, 0.4) is 0 Å². The minimum Gasteiger partial charge on any atom is -0.383 e. The Bertz CT molecular complexity index is 605. The van der Waals surface area contributed by atoms with Gasteiger partial charge in [0.15, 0.2) is 0 Å². The highest BCUT2D eigenvalue weighted by Gasteiger charge is 2.12. The molecule has 2 rings (SSSR count). The number of nitrogens with zero attached hydrogens (tertiary/aromatic N) is 1. The molecular weight excluding hydrogens is 352 g/mol. The van der Waals surface area contributed by atoms with Gasteiger partial charge in [0.1, 0.15) is 5.03 Å². The lowest BCUT2D eigenvalue weighted by Gasteiger charge is -2.08. The molecule has 1 N–H and O–H groups in total. The van der Waals surface area contributed by atoms with E-state index in [-0.39, 0.29) is 5.91 Å². The lowest BCUT2D eigenvalue weighted by Crippen LogP contribution is -2.27. The zero-order chi connectivity index (χ0) is 15.1. The number of hydrogen-bond donors (Lipinski definition) is 1. The molecule has 4 nitrogen and oxygen atoms in total. The Hall–Kier alpha value is -1.37. The molecule has 1 aromatic heterocycles. The summed E-state index contributed by atoms with van der Waals surface area (Å²) in [5.41, 5.74) is 0.571. The number of nitrogens with one attached hydrogen (secondary N) is 1. The maximum Gasteiger partial charge on any atom is 0.254 e. The van der Waals surface area contributed by atoms with Crippen LogP contribution >= 0.6 is 27.7 Å². The molecule has 1 aromatic carbocycles. The number of benzene rings is 1. The van der Waals surface area contributed by atoms with Crippen LogP contribution in [0.2, 0.25) is 0 Å². The third kappa shape index (κ3) is 4.84.